The zero-order valence-corrected chi connectivity index (χ0v) is 40.7. The molecule has 0 spiro atoms. The minimum atomic E-state index is -0.317. The van der Waals surface area contributed by atoms with Crippen molar-refractivity contribution in [3.8, 4) is 17.3 Å². The van der Waals surface area contributed by atoms with Crippen LogP contribution >= 0.6 is 0 Å². The first-order valence-electron chi connectivity index (χ1n) is 23.7. The van der Waals surface area contributed by atoms with E-state index in [1.807, 2.05) is 6.20 Å². The summed E-state index contributed by atoms with van der Waals surface area (Å²) in [6.45, 7) is 23.5. The van der Waals surface area contributed by atoms with Gasteiger partial charge in [0, 0.05) is 51.3 Å². The van der Waals surface area contributed by atoms with Crippen LogP contribution in [0.3, 0.4) is 0 Å². The van der Waals surface area contributed by atoms with Crippen molar-refractivity contribution in [2.75, 3.05) is 16.5 Å². The SMILES string of the molecule is CC(C)(C)c1ccc(N2CN(c3cc(Oc4ccc5c6cc(C(C)(C)c7ccccc7)ccc6n(-c6cc(C(C)(C)C)ccn6)c5c4)cc(C(C)(C)c4ccccc4)c3)c3ccccc32)cc1. The topological polar surface area (TPSA) is 33.5 Å². The van der Waals surface area contributed by atoms with Crippen LogP contribution in [-0.2, 0) is 21.7 Å². The second-order valence-corrected chi connectivity index (χ2v) is 21.5. The molecule has 3 heterocycles. The zero-order valence-electron chi connectivity index (χ0n) is 40.7. The minimum absolute atomic E-state index is 0.0440. The molecule has 0 amide bonds. The summed E-state index contributed by atoms with van der Waals surface area (Å²) in [6, 6.07) is 64.1. The third kappa shape index (κ3) is 8.05. The molecule has 5 heteroatoms. The zero-order chi connectivity index (χ0) is 46.9. The molecule has 0 aliphatic carbocycles. The molecular formula is C62H62N4O. The second-order valence-electron chi connectivity index (χ2n) is 21.5. The molecule has 7 aromatic carbocycles. The second kappa shape index (κ2) is 16.3. The first-order chi connectivity index (χ1) is 32.0. The maximum absolute atomic E-state index is 7.13. The quantitative estimate of drug-likeness (QED) is 0.145. The minimum Gasteiger partial charge on any atom is -0.457 e. The Morgan fingerprint density at radius 1 is 0.403 bits per heavy atom. The van der Waals surface area contributed by atoms with Crippen LogP contribution in [0.15, 0.2) is 182 Å². The van der Waals surface area contributed by atoms with Crippen LogP contribution in [0.1, 0.15) is 103 Å². The molecule has 0 unspecified atom stereocenters. The van der Waals surface area contributed by atoms with Gasteiger partial charge in [-0.05, 0) is 117 Å². The fourth-order valence-corrected chi connectivity index (χ4v) is 9.84. The number of aromatic nitrogens is 2. The van der Waals surface area contributed by atoms with Crippen LogP contribution in [0.2, 0.25) is 0 Å². The van der Waals surface area contributed by atoms with E-state index in [0.717, 1.165) is 45.1 Å². The monoisotopic (exact) mass is 878 g/mol. The summed E-state index contributed by atoms with van der Waals surface area (Å²) < 4.78 is 9.45. The Hall–Kier alpha value is -7.11. The normalized spacial score (nSPS) is 13.4. The van der Waals surface area contributed by atoms with Crippen molar-refractivity contribution >= 4 is 44.6 Å². The van der Waals surface area contributed by atoms with Gasteiger partial charge in [-0.3, -0.25) is 4.57 Å². The van der Waals surface area contributed by atoms with E-state index < -0.39 is 0 Å². The Kier molecular flexibility index (Phi) is 10.7. The first kappa shape index (κ1) is 43.8. The Labute approximate surface area is 397 Å². The standard InChI is InChI=1S/C62H62N4O/c1-59(2,3)42-25-28-48(29-26-42)64-41-65(56-24-18-17-23-55(56)64)49-35-47(62(9,10)44-21-15-12-16-22-44)36-51(39-49)67-50-30-31-52-53-37-46(61(7,8)43-19-13-11-14-20-43)27-32-54(53)66(57(52)40-50)58-38-45(33-34-63-58)60(4,5)6/h11-40H,41H2,1-10H3. The van der Waals surface area contributed by atoms with E-state index in [2.05, 4.69) is 260 Å². The molecule has 0 radical (unpaired) electrons. The summed E-state index contributed by atoms with van der Waals surface area (Å²) in [7, 11) is 0. The summed E-state index contributed by atoms with van der Waals surface area (Å²) in [5.74, 6) is 2.43. The van der Waals surface area contributed by atoms with Gasteiger partial charge in [0.25, 0.3) is 0 Å². The fraction of sp³-hybridized carbons (Fsp3) is 0.242. The molecule has 67 heavy (non-hydrogen) atoms. The van der Waals surface area contributed by atoms with E-state index in [0.29, 0.717) is 6.67 Å². The number of fused-ring (bicyclic) bond motifs is 4. The van der Waals surface area contributed by atoms with Crippen molar-refractivity contribution < 1.29 is 4.74 Å². The highest BCUT2D eigenvalue weighted by atomic mass is 16.5. The molecule has 9 aromatic rings. The van der Waals surface area contributed by atoms with E-state index in [-0.39, 0.29) is 21.7 Å². The molecule has 0 bridgehead atoms. The Balaban J connectivity index is 1.11. The van der Waals surface area contributed by atoms with E-state index in [1.54, 1.807) is 0 Å². The molecule has 10 rings (SSSR count). The predicted octanol–water partition coefficient (Wildman–Crippen LogP) is 16.5. The molecule has 336 valence electrons. The van der Waals surface area contributed by atoms with Gasteiger partial charge in [0.1, 0.15) is 24.0 Å². The number of para-hydroxylation sites is 2. The van der Waals surface area contributed by atoms with E-state index in [1.165, 1.54) is 50.1 Å². The van der Waals surface area contributed by atoms with Gasteiger partial charge in [-0.15, -0.1) is 0 Å². The maximum atomic E-state index is 7.13. The summed E-state index contributed by atoms with van der Waals surface area (Å²) in [6.07, 6.45) is 1.95. The lowest BCUT2D eigenvalue weighted by atomic mass is 9.78. The predicted molar refractivity (Wildman–Crippen MR) is 282 cm³/mol. The maximum Gasteiger partial charge on any atom is 0.137 e. The molecule has 0 atom stereocenters. The van der Waals surface area contributed by atoms with Gasteiger partial charge in [0.2, 0.25) is 0 Å². The van der Waals surface area contributed by atoms with Crippen molar-refractivity contribution in [3.05, 3.63) is 216 Å². The van der Waals surface area contributed by atoms with Gasteiger partial charge in [-0.1, -0.05) is 160 Å². The highest BCUT2D eigenvalue weighted by Gasteiger charge is 2.32. The van der Waals surface area contributed by atoms with Gasteiger partial charge < -0.3 is 14.5 Å². The van der Waals surface area contributed by atoms with Gasteiger partial charge in [-0.2, -0.15) is 0 Å². The summed E-state index contributed by atoms with van der Waals surface area (Å²) in [5, 5.41) is 2.34. The fourth-order valence-electron chi connectivity index (χ4n) is 9.84. The number of rotatable bonds is 9. The smallest absolute Gasteiger partial charge is 0.137 e. The van der Waals surface area contributed by atoms with Crippen molar-refractivity contribution in [1.82, 2.24) is 9.55 Å². The molecule has 0 saturated heterocycles. The highest BCUT2D eigenvalue weighted by Crippen LogP contribution is 2.47. The Morgan fingerprint density at radius 3 is 1.61 bits per heavy atom. The average molecular weight is 879 g/mol. The lowest BCUT2D eigenvalue weighted by Gasteiger charge is -2.29. The van der Waals surface area contributed by atoms with Crippen LogP contribution in [0, 0.1) is 0 Å². The van der Waals surface area contributed by atoms with Gasteiger partial charge in [-0.25, -0.2) is 4.98 Å². The first-order valence-corrected chi connectivity index (χ1v) is 23.7. The third-order valence-electron chi connectivity index (χ3n) is 14.2. The van der Waals surface area contributed by atoms with Gasteiger partial charge >= 0.3 is 0 Å². The van der Waals surface area contributed by atoms with Crippen LogP contribution in [0.5, 0.6) is 11.5 Å². The molecule has 5 nitrogen and oxygen atoms in total. The lowest BCUT2D eigenvalue weighted by molar-refractivity contribution is 0.480. The van der Waals surface area contributed by atoms with Crippen molar-refractivity contribution in [2.45, 2.75) is 90.9 Å². The summed E-state index contributed by atoms with van der Waals surface area (Å²) >= 11 is 0. The van der Waals surface area contributed by atoms with Crippen LogP contribution in [-0.4, -0.2) is 16.2 Å². The highest BCUT2D eigenvalue weighted by molar-refractivity contribution is 6.10. The average Bonchev–Trinajstić information content (AvgIpc) is 3.87. The number of ether oxygens (including phenoxy) is 1. The molecule has 1 aliphatic heterocycles. The molecule has 0 saturated carbocycles. The van der Waals surface area contributed by atoms with Crippen molar-refractivity contribution in [2.24, 2.45) is 0 Å². The number of nitrogens with zero attached hydrogens (tertiary/aromatic N) is 4. The number of anilines is 4. The van der Waals surface area contributed by atoms with Crippen LogP contribution in [0.25, 0.3) is 27.6 Å². The summed E-state index contributed by atoms with van der Waals surface area (Å²) in [4.78, 5) is 9.87. The molecule has 1 aliphatic rings. The number of hydrogen-bond acceptors (Lipinski definition) is 4. The third-order valence-corrected chi connectivity index (χ3v) is 14.2. The molecule has 0 N–H and O–H groups in total. The van der Waals surface area contributed by atoms with Crippen molar-refractivity contribution in [3.63, 3.8) is 0 Å². The number of pyridine rings is 1. The van der Waals surface area contributed by atoms with E-state index in [4.69, 9.17) is 9.72 Å². The van der Waals surface area contributed by atoms with Crippen molar-refractivity contribution in [1.29, 1.82) is 0 Å². The largest absolute Gasteiger partial charge is 0.457 e. The summed E-state index contributed by atoms with van der Waals surface area (Å²) in [5.41, 5.74) is 13.8. The van der Waals surface area contributed by atoms with Gasteiger partial charge in [0.05, 0.1) is 22.4 Å². The number of hydrogen-bond donors (Lipinski definition) is 0. The van der Waals surface area contributed by atoms with Gasteiger partial charge in [0.15, 0.2) is 0 Å². The van der Waals surface area contributed by atoms with E-state index in [9.17, 15) is 0 Å². The molecular weight excluding hydrogens is 817 g/mol. The van der Waals surface area contributed by atoms with Crippen LogP contribution in [0.4, 0.5) is 22.7 Å². The number of benzene rings is 7. The Morgan fingerprint density at radius 2 is 0.985 bits per heavy atom. The van der Waals surface area contributed by atoms with Crippen LogP contribution < -0.4 is 14.5 Å². The lowest BCUT2D eigenvalue weighted by Crippen LogP contribution is -2.25. The Bertz CT molecular complexity index is 3260. The van der Waals surface area contributed by atoms with E-state index >= 15 is 0 Å². The molecule has 2 aromatic heterocycles. The molecule has 0 fully saturated rings.